The van der Waals surface area contributed by atoms with E-state index in [1.165, 1.54) is 6.07 Å². The number of aromatic nitrogens is 2. The van der Waals surface area contributed by atoms with Crippen molar-refractivity contribution in [3.8, 4) is 0 Å². The summed E-state index contributed by atoms with van der Waals surface area (Å²) in [4.78, 5) is 8.73. The molecule has 1 aromatic carbocycles. The van der Waals surface area contributed by atoms with E-state index < -0.39 is 5.82 Å². The van der Waals surface area contributed by atoms with Crippen LogP contribution in [0.2, 0.25) is 5.02 Å². The molecule has 0 spiro atoms. The molecule has 1 fully saturated rings. The average Bonchev–Trinajstić information content (AvgIpc) is 3.23. The second-order valence-electron chi connectivity index (χ2n) is 4.94. The van der Waals surface area contributed by atoms with Crippen LogP contribution in [0.4, 0.5) is 21.7 Å². The predicted molar refractivity (Wildman–Crippen MR) is 77.8 cm³/mol. The van der Waals surface area contributed by atoms with Crippen LogP contribution in [0.25, 0.3) is 0 Å². The van der Waals surface area contributed by atoms with Crippen molar-refractivity contribution in [2.75, 3.05) is 11.1 Å². The summed E-state index contributed by atoms with van der Waals surface area (Å²) >= 11 is 6.01. The maximum Gasteiger partial charge on any atom is 0.148 e. The zero-order valence-corrected chi connectivity index (χ0v) is 11.7. The Bertz CT molecular complexity index is 650. The zero-order chi connectivity index (χ0) is 14.3. The van der Waals surface area contributed by atoms with Crippen LogP contribution < -0.4 is 11.1 Å². The van der Waals surface area contributed by atoms with Crippen molar-refractivity contribution in [1.82, 2.24) is 9.97 Å². The number of nitrogens with zero attached hydrogens (tertiary/aromatic N) is 2. The van der Waals surface area contributed by atoms with Gasteiger partial charge in [0.1, 0.15) is 23.3 Å². The molecule has 0 radical (unpaired) electrons. The van der Waals surface area contributed by atoms with Gasteiger partial charge in [0, 0.05) is 11.5 Å². The van der Waals surface area contributed by atoms with Crippen molar-refractivity contribution < 1.29 is 4.39 Å². The Balaban J connectivity index is 2.01. The Hall–Kier alpha value is -1.88. The SMILES string of the molecule is Cc1c(N)nc(C2CC2)nc1Nc1c(F)cccc1Cl. The molecule has 104 valence electrons. The number of benzene rings is 1. The Labute approximate surface area is 121 Å². The first-order chi connectivity index (χ1) is 9.56. The quantitative estimate of drug-likeness (QED) is 0.903. The van der Waals surface area contributed by atoms with E-state index in [4.69, 9.17) is 17.3 Å². The minimum absolute atomic E-state index is 0.206. The lowest BCUT2D eigenvalue weighted by molar-refractivity contribution is 0.632. The van der Waals surface area contributed by atoms with E-state index in [0.717, 1.165) is 12.8 Å². The minimum atomic E-state index is -0.429. The summed E-state index contributed by atoms with van der Waals surface area (Å²) in [6.45, 7) is 1.79. The van der Waals surface area contributed by atoms with Crippen LogP contribution in [0.1, 0.15) is 30.1 Å². The zero-order valence-electron chi connectivity index (χ0n) is 11.0. The maximum atomic E-state index is 13.8. The van der Waals surface area contributed by atoms with E-state index in [2.05, 4.69) is 15.3 Å². The van der Waals surface area contributed by atoms with Crippen molar-refractivity contribution in [1.29, 1.82) is 0 Å². The van der Waals surface area contributed by atoms with E-state index in [1.54, 1.807) is 19.1 Å². The van der Waals surface area contributed by atoms with Gasteiger partial charge in [-0.25, -0.2) is 14.4 Å². The highest BCUT2D eigenvalue weighted by Crippen LogP contribution is 2.39. The first kappa shape index (κ1) is 13.1. The summed E-state index contributed by atoms with van der Waals surface area (Å²) in [6.07, 6.45) is 2.14. The van der Waals surface area contributed by atoms with E-state index in [-0.39, 0.29) is 5.69 Å². The monoisotopic (exact) mass is 292 g/mol. The highest BCUT2D eigenvalue weighted by atomic mass is 35.5. The fourth-order valence-electron chi connectivity index (χ4n) is 1.93. The lowest BCUT2D eigenvalue weighted by Gasteiger charge is -2.13. The van der Waals surface area contributed by atoms with Gasteiger partial charge in [-0.1, -0.05) is 17.7 Å². The molecule has 0 aliphatic heterocycles. The molecule has 1 aliphatic carbocycles. The van der Waals surface area contributed by atoms with E-state index >= 15 is 0 Å². The Morgan fingerprint density at radius 3 is 2.75 bits per heavy atom. The molecule has 3 rings (SSSR count). The molecule has 1 aromatic heterocycles. The number of nitrogens with one attached hydrogen (secondary N) is 1. The molecule has 1 heterocycles. The summed E-state index contributed by atoms with van der Waals surface area (Å²) in [5.74, 6) is 1.57. The van der Waals surface area contributed by atoms with Gasteiger partial charge in [-0.2, -0.15) is 0 Å². The van der Waals surface area contributed by atoms with Gasteiger partial charge in [-0.3, -0.25) is 0 Å². The number of rotatable bonds is 3. The van der Waals surface area contributed by atoms with Crippen LogP contribution in [0.15, 0.2) is 18.2 Å². The molecule has 4 nitrogen and oxygen atoms in total. The molecule has 0 bridgehead atoms. The first-order valence-electron chi connectivity index (χ1n) is 6.41. The molecule has 20 heavy (non-hydrogen) atoms. The van der Waals surface area contributed by atoms with Gasteiger partial charge in [0.25, 0.3) is 0 Å². The molecule has 0 unspecified atom stereocenters. The Morgan fingerprint density at radius 1 is 1.35 bits per heavy atom. The lowest BCUT2D eigenvalue weighted by Crippen LogP contribution is -2.07. The summed E-state index contributed by atoms with van der Waals surface area (Å²) < 4.78 is 13.8. The molecular weight excluding hydrogens is 279 g/mol. The first-order valence-corrected chi connectivity index (χ1v) is 6.79. The van der Waals surface area contributed by atoms with Crippen molar-refractivity contribution in [3.05, 3.63) is 40.4 Å². The fraction of sp³-hybridized carbons (Fsp3) is 0.286. The van der Waals surface area contributed by atoms with Gasteiger partial charge in [-0.15, -0.1) is 0 Å². The third kappa shape index (κ3) is 2.41. The summed E-state index contributed by atoms with van der Waals surface area (Å²) in [5, 5.41) is 3.24. The molecule has 0 atom stereocenters. The number of nitrogens with two attached hydrogens (primary N) is 1. The molecule has 0 saturated heterocycles. The number of halogens is 2. The Morgan fingerprint density at radius 2 is 2.10 bits per heavy atom. The molecule has 2 aromatic rings. The smallest absolute Gasteiger partial charge is 0.148 e. The summed E-state index contributed by atoms with van der Waals surface area (Å²) in [6, 6.07) is 4.52. The number of hydrogen-bond donors (Lipinski definition) is 2. The third-order valence-electron chi connectivity index (χ3n) is 3.35. The number of para-hydroxylation sites is 1. The fourth-order valence-corrected chi connectivity index (χ4v) is 2.14. The third-order valence-corrected chi connectivity index (χ3v) is 3.66. The van der Waals surface area contributed by atoms with Crippen LogP contribution in [-0.4, -0.2) is 9.97 Å². The molecule has 3 N–H and O–H groups in total. The molecule has 1 aliphatic rings. The van der Waals surface area contributed by atoms with E-state index in [1.807, 2.05) is 0 Å². The maximum absolute atomic E-state index is 13.8. The van der Waals surface area contributed by atoms with Gasteiger partial charge in [0.05, 0.1) is 10.7 Å². The molecule has 1 saturated carbocycles. The van der Waals surface area contributed by atoms with Gasteiger partial charge >= 0.3 is 0 Å². The van der Waals surface area contributed by atoms with Crippen LogP contribution >= 0.6 is 11.6 Å². The largest absolute Gasteiger partial charge is 0.383 e. The topological polar surface area (TPSA) is 63.8 Å². The van der Waals surface area contributed by atoms with Crippen molar-refractivity contribution >= 4 is 28.9 Å². The summed E-state index contributed by atoms with van der Waals surface area (Å²) in [7, 11) is 0. The lowest BCUT2D eigenvalue weighted by atomic mass is 10.2. The van der Waals surface area contributed by atoms with Gasteiger partial charge < -0.3 is 11.1 Å². The van der Waals surface area contributed by atoms with Crippen LogP contribution in [0.5, 0.6) is 0 Å². The second-order valence-corrected chi connectivity index (χ2v) is 5.34. The molecule has 0 amide bonds. The van der Waals surface area contributed by atoms with Crippen molar-refractivity contribution in [2.45, 2.75) is 25.7 Å². The average molecular weight is 293 g/mol. The minimum Gasteiger partial charge on any atom is -0.383 e. The van der Waals surface area contributed by atoms with Crippen molar-refractivity contribution in [2.24, 2.45) is 0 Å². The molecular formula is C14H14ClFN4. The van der Waals surface area contributed by atoms with Crippen LogP contribution in [-0.2, 0) is 0 Å². The van der Waals surface area contributed by atoms with Crippen LogP contribution in [0.3, 0.4) is 0 Å². The predicted octanol–water partition coefficient (Wildman–Crippen LogP) is 3.78. The normalized spacial score (nSPS) is 14.3. The van der Waals surface area contributed by atoms with E-state index in [0.29, 0.717) is 34.0 Å². The summed E-state index contributed by atoms with van der Waals surface area (Å²) in [5.41, 5.74) is 6.79. The standard InChI is InChI=1S/C14H14ClFN4/c1-7-12(17)19-14(8-5-6-8)20-13(7)18-11-9(15)3-2-4-10(11)16/h2-4,8H,5-6H2,1H3,(H3,17,18,19,20). The van der Waals surface area contributed by atoms with Gasteiger partial charge in [-0.05, 0) is 31.9 Å². The highest BCUT2D eigenvalue weighted by Gasteiger charge is 2.28. The number of nitrogen functional groups attached to an aromatic ring is 1. The Kier molecular flexibility index (Phi) is 3.22. The number of hydrogen-bond acceptors (Lipinski definition) is 4. The molecule has 6 heteroatoms. The van der Waals surface area contributed by atoms with Crippen molar-refractivity contribution in [3.63, 3.8) is 0 Å². The van der Waals surface area contributed by atoms with Crippen LogP contribution in [0, 0.1) is 12.7 Å². The van der Waals surface area contributed by atoms with Gasteiger partial charge in [0.15, 0.2) is 0 Å². The van der Waals surface area contributed by atoms with E-state index in [9.17, 15) is 4.39 Å². The van der Waals surface area contributed by atoms with Gasteiger partial charge in [0.2, 0.25) is 0 Å². The second kappa shape index (κ2) is 4.90. The number of anilines is 3. The highest BCUT2D eigenvalue weighted by molar-refractivity contribution is 6.33.